The fourth-order valence-corrected chi connectivity index (χ4v) is 2.92. The van der Waals surface area contributed by atoms with Gasteiger partial charge in [0.2, 0.25) is 0 Å². The number of nitrogens with one attached hydrogen (secondary N) is 1. The second-order valence-electron chi connectivity index (χ2n) is 5.61. The fraction of sp³-hybridized carbons (Fsp3) is 0.562. The Hall–Kier alpha value is -1.71. The van der Waals surface area contributed by atoms with Crippen molar-refractivity contribution in [3.8, 4) is 0 Å². The van der Waals surface area contributed by atoms with Gasteiger partial charge in [0.25, 0.3) is 0 Å². The zero-order valence-electron chi connectivity index (χ0n) is 13.5. The van der Waals surface area contributed by atoms with Crippen LogP contribution >= 0.6 is 0 Å². The van der Waals surface area contributed by atoms with E-state index >= 15 is 0 Å². The van der Waals surface area contributed by atoms with Crippen molar-refractivity contribution in [1.29, 1.82) is 0 Å². The number of benzene rings is 1. The summed E-state index contributed by atoms with van der Waals surface area (Å²) in [5.74, 6) is 0. The number of methoxy groups -OCH3 is 2. The molecule has 1 amide bonds. The highest BCUT2D eigenvalue weighted by molar-refractivity contribution is 5.67. The summed E-state index contributed by atoms with van der Waals surface area (Å²) in [5, 5.41) is 13.2. The number of aliphatic hydroxyl groups is 1. The Balaban J connectivity index is 1.75. The van der Waals surface area contributed by atoms with Crippen molar-refractivity contribution in [3.05, 3.63) is 35.9 Å². The Bertz CT molecular complexity index is 555. The average Bonchev–Trinajstić information content (AvgIpc) is 2.64. The summed E-state index contributed by atoms with van der Waals surface area (Å²) < 4.78 is 27.1. The van der Waals surface area contributed by atoms with Crippen molar-refractivity contribution < 1.29 is 33.6 Å². The minimum atomic E-state index is -1.04. The third-order valence-electron chi connectivity index (χ3n) is 4.14. The van der Waals surface area contributed by atoms with E-state index in [1.54, 1.807) is 0 Å². The van der Waals surface area contributed by atoms with Crippen molar-refractivity contribution in [1.82, 2.24) is 5.32 Å². The van der Waals surface area contributed by atoms with Crippen LogP contribution in [-0.2, 0) is 23.7 Å². The van der Waals surface area contributed by atoms with Crippen LogP contribution in [0, 0.1) is 0 Å². The molecule has 0 bridgehead atoms. The summed E-state index contributed by atoms with van der Waals surface area (Å²) in [4.78, 5) is 11.5. The molecule has 2 aliphatic heterocycles. The lowest BCUT2D eigenvalue weighted by Gasteiger charge is -2.47. The quantitative estimate of drug-likeness (QED) is 0.830. The zero-order valence-corrected chi connectivity index (χ0v) is 13.5. The number of ether oxygens (including phenoxy) is 5. The standard InChI is InChI=1S/C16H21NO7/c1-20-15-11(17-16(19)21-2)12(18)13-10(23-15)8-22-14(24-13)9-6-4-3-5-7-9/h3-7,10-15,18H,8H2,1-2H3,(H,17,19)/t10-,11-,12+,13-,14-,15+/m1/s1. The Labute approximate surface area is 139 Å². The lowest BCUT2D eigenvalue weighted by molar-refractivity contribution is -0.341. The first-order chi connectivity index (χ1) is 11.6. The minimum absolute atomic E-state index is 0.242. The lowest BCUT2D eigenvalue weighted by Crippen LogP contribution is -2.66. The molecule has 1 aromatic carbocycles. The molecule has 0 spiro atoms. The number of alkyl carbamates (subject to hydrolysis) is 1. The monoisotopic (exact) mass is 339 g/mol. The van der Waals surface area contributed by atoms with Crippen LogP contribution in [0.2, 0.25) is 0 Å². The van der Waals surface area contributed by atoms with Gasteiger partial charge in [-0.05, 0) is 0 Å². The maximum absolute atomic E-state index is 11.5. The number of aliphatic hydroxyl groups excluding tert-OH is 1. The second kappa shape index (κ2) is 7.45. The third kappa shape index (κ3) is 3.38. The molecular weight excluding hydrogens is 318 g/mol. The second-order valence-corrected chi connectivity index (χ2v) is 5.61. The van der Waals surface area contributed by atoms with Gasteiger partial charge >= 0.3 is 6.09 Å². The number of hydrogen-bond donors (Lipinski definition) is 2. The molecule has 3 rings (SSSR count). The smallest absolute Gasteiger partial charge is 0.407 e. The van der Waals surface area contributed by atoms with Crippen LogP contribution in [0.1, 0.15) is 11.9 Å². The molecule has 8 nitrogen and oxygen atoms in total. The van der Waals surface area contributed by atoms with Gasteiger partial charge in [0.1, 0.15) is 24.4 Å². The molecular formula is C16H21NO7. The molecule has 6 atom stereocenters. The largest absolute Gasteiger partial charge is 0.453 e. The van der Waals surface area contributed by atoms with Gasteiger partial charge in [-0.3, -0.25) is 0 Å². The first kappa shape index (κ1) is 17.1. The SMILES string of the molecule is COC(=O)N[C@H]1[C@@H](OC)O[C@@H]2CO[C@@H](c3ccccc3)O[C@H]2[C@H]1O. The van der Waals surface area contributed by atoms with Crippen molar-refractivity contribution in [2.24, 2.45) is 0 Å². The Morgan fingerprint density at radius 3 is 2.67 bits per heavy atom. The van der Waals surface area contributed by atoms with Crippen molar-refractivity contribution in [2.75, 3.05) is 20.8 Å². The molecule has 24 heavy (non-hydrogen) atoms. The molecule has 132 valence electrons. The fourth-order valence-electron chi connectivity index (χ4n) is 2.92. The van der Waals surface area contributed by atoms with E-state index in [-0.39, 0.29) is 6.61 Å². The van der Waals surface area contributed by atoms with Crippen LogP contribution < -0.4 is 5.32 Å². The number of amides is 1. The van der Waals surface area contributed by atoms with Crippen LogP contribution in [0.5, 0.6) is 0 Å². The molecule has 1 aromatic rings. The Morgan fingerprint density at radius 2 is 2.00 bits per heavy atom. The predicted molar refractivity (Wildman–Crippen MR) is 81.0 cm³/mol. The highest BCUT2D eigenvalue weighted by Gasteiger charge is 2.50. The van der Waals surface area contributed by atoms with Crippen molar-refractivity contribution in [3.63, 3.8) is 0 Å². The molecule has 8 heteroatoms. The Kier molecular flexibility index (Phi) is 5.32. The van der Waals surface area contributed by atoms with E-state index < -0.39 is 43.0 Å². The molecule has 2 fully saturated rings. The summed E-state index contributed by atoms with van der Waals surface area (Å²) in [5.41, 5.74) is 0.842. The van der Waals surface area contributed by atoms with Gasteiger partial charge in [0, 0.05) is 12.7 Å². The summed E-state index contributed by atoms with van der Waals surface area (Å²) >= 11 is 0. The van der Waals surface area contributed by atoms with Gasteiger partial charge < -0.3 is 34.1 Å². The highest BCUT2D eigenvalue weighted by atomic mass is 16.7. The number of fused-ring (bicyclic) bond motifs is 1. The highest BCUT2D eigenvalue weighted by Crippen LogP contribution is 2.34. The number of carbonyl (C=O) groups is 1. The number of rotatable bonds is 3. The van der Waals surface area contributed by atoms with E-state index in [0.29, 0.717) is 0 Å². The molecule has 0 unspecified atom stereocenters. The van der Waals surface area contributed by atoms with Gasteiger partial charge in [-0.2, -0.15) is 0 Å². The molecule has 2 aliphatic rings. The van der Waals surface area contributed by atoms with Crippen molar-refractivity contribution in [2.45, 2.75) is 36.9 Å². The maximum Gasteiger partial charge on any atom is 0.407 e. The van der Waals surface area contributed by atoms with Gasteiger partial charge in [0.05, 0.1) is 13.7 Å². The van der Waals surface area contributed by atoms with Crippen LogP contribution in [0.4, 0.5) is 4.79 Å². The van der Waals surface area contributed by atoms with Crippen LogP contribution in [0.25, 0.3) is 0 Å². The first-order valence-corrected chi connectivity index (χ1v) is 7.67. The predicted octanol–water partition coefficient (Wildman–Crippen LogP) is 0.557. The first-order valence-electron chi connectivity index (χ1n) is 7.67. The summed E-state index contributed by atoms with van der Waals surface area (Å²) in [6.07, 6.45) is -4.33. The van der Waals surface area contributed by atoms with E-state index in [0.717, 1.165) is 5.56 Å². The maximum atomic E-state index is 11.5. The van der Waals surface area contributed by atoms with Gasteiger partial charge in [0.15, 0.2) is 12.6 Å². The molecule has 0 saturated carbocycles. The normalized spacial score (nSPS) is 35.8. The minimum Gasteiger partial charge on any atom is -0.453 e. The summed E-state index contributed by atoms with van der Waals surface area (Å²) in [6.45, 7) is 0.242. The van der Waals surface area contributed by atoms with Crippen LogP contribution in [0.15, 0.2) is 30.3 Å². The van der Waals surface area contributed by atoms with Gasteiger partial charge in [-0.15, -0.1) is 0 Å². The van der Waals surface area contributed by atoms with Crippen LogP contribution in [-0.4, -0.2) is 62.7 Å². The average molecular weight is 339 g/mol. The van der Waals surface area contributed by atoms with E-state index in [1.807, 2.05) is 30.3 Å². The van der Waals surface area contributed by atoms with Gasteiger partial charge in [-0.1, -0.05) is 30.3 Å². The molecule has 0 aliphatic carbocycles. The Morgan fingerprint density at radius 1 is 1.25 bits per heavy atom. The molecule has 2 N–H and O–H groups in total. The molecule has 2 saturated heterocycles. The molecule has 0 aromatic heterocycles. The third-order valence-corrected chi connectivity index (χ3v) is 4.14. The summed E-state index contributed by atoms with van der Waals surface area (Å²) in [7, 11) is 2.67. The van der Waals surface area contributed by atoms with E-state index in [2.05, 4.69) is 10.1 Å². The molecule has 0 radical (unpaired) electrons. The van der Waals surface area contributed by atoms with Crippen LogP contribution in [0.3, 0.4) is 0 Å². The number of carbonyl (C=O) groups excluding carboxylic acids is 1. The summed E-state index contributed by atoms with van der Waals surface area (Å²) in [6, 6.07) is 8.59. The lowest BCUT2D eigenvalue weighted by atomic mass is 9.96. The van der Waals surface area contributed by atoms with E-state index in [4.69, 9.17) is 18.9 Å². The topological polar surface area (TPSA) is 95.5 Å². The zero-order chi connectivity index (χ0) is 17.1. The van der Waals surface area contributed by atoms with Gasteiger partial charge in [-0.25, -0.2) is 4.79 Å². The van der Waals surface area contributed by atoms with Crippen molar-refractivity contribution >= 4 is 6.09 Å². The van der Waals surface area contributed by atoms with E-state index in [1.165, 1.54) is 14.2 Å². The molecule has 2 heterocycles. The number of hydrogen-bond acceptors (Lipinski definition) is 7. The van der Waals surface area contributed by atoms with E-state index in [9.17, 15) is 9.90 Å².